The van der Waals surface area contributed by atoms with Gasteiger partial charge in [0.1, 0.15) is 11.6 Å². The summed E-state index contributed by atoms with van der Waals surface area (Å²) in [6, 6.07) is 3.85. The number of rotatable bonds is 1. The largest absolute Gasteiger partial charge is 0.318 e. The molecular formula is C14H17F2N. The van der Waals surface area contributed by atoms with E-state index < -0.39 is 17.2 Å². The first-order valence-electron chi connectivity index (χ1n) is 5.89. The lowest BCUT2D eigenvalue weighted by Gasteiger charge is -2.40. The predicted octanol–water partition coefficient (Wildman–Crippen LogP) is 3.50. The predicted molar refractivity (Wildman–Crippen MR) is 64.4 cm³/mol. The maximum absolute atomic E-state index is 13.8. The summed E-state index contributed by atoms with van der Waals surface area (Å²) in [6.07, 6.45) is 2.40. The van der Waals surface area contributed by atoms with Crippen molar-refractivity contribution < 1.29 is 8.78 Å². The monoisotopic (exact) mass is 237 g/mol. The Bertz CT molecular complexity index is 435. The molecule has 1 fully saturated rings. The van der Waals surface area contributed by atoms with Crippen molar-refractivity contribution in [3.05, 3.63) is 47.5 Å². The zero-order valence-electron chi connectivity index (χ0n) is 9.97. The van der Waals surface area contributed by atoms with E-state index in [1.165, 1.54) is 18.2 Å². The molecule has 1 aromatic carbocycles. The number of halogens is 2. The van der Waals surface area contributed by atoms with Crippen LogP contribution < -0.4 is 5.73 Å². The van der Waals surface area contributed by atoms with Gasteiger partial charge in [0.15, 0.2) is 0 Å². The van der Waals surface area contributed by atoms with Crippen LogP contribution >= 0.6 is 0 Å². The van der Waals surface area contributed by atoms with E-state index in [9.17, 15) is 8.78 Å². The highest BCUT2D eigenvalue weighted by molar-refractivity contribution is 5.37. The van der Waals surface area contributed by atoms with Gasteiger partial charge in [-0.05, 0) is 30.9 Å². The van der Waals surface area contributed by atoms with E-state index in [1.54, 1.807) is 0 Å². The maximum Gasteiger partial charge on any atom is 0.131 e. The first kappa shape index (κ1) is 12.2. The average molecular weight is 237 g/mol. The van der Waals surface area contributed by atoms with Gasteiger partial charge >= 0.3 is 0 Å². The summed E-state index contributed by atoms with van der Waals surface area (Å²) >= 11 is 0. The lowest BCUT2D eigenvalue weighted by atomic mass is 9.69. The Morgan fingerprint density at radius 2 is 1.94 bits per heavy atom. The highest BCUT2D eigenvalue weighted by Gasteiger charge is 2.40. The van der Waals surface area contributed by atoms with Gasteiger partial charge in [0.2, 0.25) is 0 Å². The molecule has 0 bridgehead atoms. The van der Waals surface area contributed by atoms with Crippen LogP contribution in [0.25, 0.3) is 0 Å². The van der Waals surface area contributed by atoms with Crippen LogP contribution in [0.3, 0.4) is 0 Å². The lowest BCUT2D eigenvalue weighted by Crippen LogP contribution is -2.44. The van der Waals surface area contributed by atoms with E-state index in [-0.39, 0.29) is 11.5 Å². The molecule has 1 aliphatic rings. The Hall–Kier alpha value is -1.22. The molecule has 92 valence electrons. The summed E-state index contributed by atoms with van der Waals surface area (Å²) in [5, 5.41) is 0. The molecule has 1 aliphatic carbocycles. The van der Waals surface area contributed by atoms with Gasteiger partial charge in [0, 0.05) is 5.56 Å². The Morgan fingerprint density at radius 3 is 2.53 bits per heavy atom. The third-order valence-corrected chi connectivity index (χ3v) is 3.79. The standard InChI is InChI=1S/C14H17F2N/c1-9-5-4-8-14(17,10(9)2)13-11(15)6-3-7-12(13)16/h3,6-7,9H,2,4-5,8,17H2,1H3. The highest BCUT2D eigenvalue weighted by Crippen LogP contribution is 2.43. The van der Waals surface area contributed by atoms with Gasteiger partial charge in [-0.2, -0.15) is 0 Å². The van der Waals surface area contributed by atoms with Crippen LogP contribution in [0, 0.1) is 17.6 Å². The van der Waals surface area contributed by atoms with Gasteiger partial charge in [-0.1, -0.05) is 31.6 Å². The molecule has 1 saturated carbocycles. The van der Waals surface area contributed by atoms with Gasteiger partial charge in [0.25, 0.3) is 0 Å². The molecule has 2 N–H and O–H groups in total. The van der Waals surface area contributed by atoms with Crippen LogP contribution in [0.5, 0.6) is 0 Å². The van der Waals surface area contributed by atoms with Crippen LogP contribution in [0.4, 0.5) is 8.78 Å². The minimum atomic E-state index is -1.06. The molecular weight excluding hydrogens is 220 g/mol. The fourth-order valence-electron chi connectivity index (χ4n) is 2.67. The molecule has 0 aromatic heterocycles. The topological polar surface area (TPSA) is 26.0 Å². The molecule has 0 heterocycles. The molecule has 2 rings (SSSR count). The Balaban J connectivity index is 2.54. The summed E-state index contributed by atoms with van der Waals surface area (Å²) in [5.74, 6) is -0.960. The zero-order valence-corrected chi connectivity index (χ0v) is 9.97. The molecule has 2 atom stereocenters. The molecule has 0 radical (unpaired) electrons. The first-order chi connectivity index (χ1) is 7.97. The summed E-state index contributed by atoms with van der Waals surface area (Å²) in [4.78, 5) is 0. The third-order valence-electron chi connectivity index (χ3n) is 3.79. The van der Waals surface area contributed by atoms with E-state index in [0.717, 1.165) is 18.4 Å². The normalized spacial score (nSPS) is 29.4. The molecule has 0 aliphatic heterocycles. The van der Waals surface area contributed by atoms with Gasteiger partial charge in [-0.15, -0.1) is 0 Å². The maximum atomic E-state index is 13.8. The fourth-order valence-corrected chi connectivity index (χ4v) is 2.67. The summed E-state index contributed by atoms with van der Waals surface area (Å²) in [5.41, 5.74) is 5.87. The molecule has 1 aromatic rings. The van der Waals surface area contributed by atoms with Crippen LogP contribution in [0.1, 0.15) is 31.7 Å². The van der Waals surface area contributed by atoms with Crippen LogP contribution in [-0.2, 0) is 5.54 Å². The van der Waals surface area contributed by atoms with Gasteiger partial charge in [0.05, 0.1) is 5.54 Å². The molecule has 0 spiro atoms. The zero-order chi connectivity index (χ0) is 12.6. The molecule has 2 unspecified atom stereocenters. The number of hydrogen-bond acceptors (Lipinski definition) is 1. The Labute approximate surface area is 100 Å². The summed E-state index contributed by atoms with van der Waals surface area (Å²) in [6.45, 7) is 5.95. The van der Waals surface area contributed by atoms with Crippen molar-refractivity contribution in [3.8, 4) is 0 Å². The smallest absolute Gasteiger partial charge is 0.131 e. The third kappa shape index (κ3) is 1.89. The van der Waals surface area contributed by atoms with Crippen molar-refractivity contribution in [2.45, 2.75) is 31.7 Å². The van der Waals surface area contributed by atoms with Gasteiger partial charge in [-0.25, -0.2) is 8.78 Å². The van der Waals surface area contributed by atoms with Crippen LogP contribution in [0.15, 0.2) is 30.4 Å². The van der Waals surface area contributed by atoms with Crippen molar-refractivity contribution >= 4 is 0 Å². The van der Waals surface area contributed by atoms with Gasteiger partial charge in [-0.3, -0.25) is 0 Å². The molecule has 0 saturated heterocycles. The Morgan fingerprint density at radius 1 is 1.35 bits per heavy atom. The van der Waals surface area contributed by atoms with E-state index in [2.05, 4.69) is 6.58 Å². The van der Waals surface area contributed by atoms with E-state index in [4.69, 9.17) is 5.73 Å². The van der Waals surface area contributed by atoms with E-state index in [1.807, 2.05) is 6.92 Å². The summed E-state index contributed by atoms with van der Waals surface area (Å²) < 4.78 is 27.6. The number of nitrogens with two attached hydrogens (primary N) is 1. The SMILES string of the molecule is C=C1C(C)CCCC1(N)c1c(F)cccc1F. The second kappa shape index (κ2) is 4.22. The van der Waals surface area contributed by atoms with Crippen molar-refractivity contribution in [2.24, 2.45) is 11.7 Å². The number of benzene rings is 1. The summed E-state index contributed by atoms with van der Waals surface area (Å²) in [7, 11) is 0. The molecule has 0 amide bonds. The Kier molecular flexibility index (Phi) is 3.04. The van der Waals surface area contributed by atoms with Crippen molar-refractivity contribution in [3.63, 3.8) is 0 Å². The molecule has 3 heteroatoms. The van der Waals surface area contributed by atoms with E-state index in [0.29, 0.717) is 6.42 Å². The van der Waals surface area contributed by atoms with Crippen molar-refractivity contribution in [1.82, 2.24) is 0 Å². The highest BCUT2D eigenvalue weighted by atomic mass is 19.1. The number of hydrogen-bond donors (Lipinski definition) is 1. The van der Waals surface area contributed by atoms with Gasteiger partial charge < -0.3 is 5.73 Å². The van der Waals surface area contributed by atoms with Crippen LogP contribution in [-0.4, -0.2) is 0 Å². The lowest BCUT2D eigenvalue weighted by molar-refractivity contribution is 0.320. The molecule has 1 nitrogen and oxygen atoms in total. The minimum Gasteiger partial charge on any atom is -0.318 e. The first-order valence-corrected chi connectivity index (χ1v) is 5.89. The van der Waals surface area contributed by atoms with Crippen molar-refractivity contribution in [1.29, 1.82) is 0 Å². The quantitative estimate of drug-likeness (QED) is 0.743. The molecule has 17 heavy (non-hydrogen) atoms. The average Bonchev–Trinajstić information content (AvgIpc) is 2.26. The van der Waals surface area contributed by atoms with Crippen molar-refractivity contribution in [2.75, 3.05) is 0 Å². The minimum absolute atomic E-state index is 0.0310. The fraction of sp³-hybridized carbons (Fsp3) is 0.429. The second-order valence-corrected chi connectivity index (χ2v) is 4.89. The van der Waals surface area contributed by atoms with E-state index >= 15 is 0 Å². The second-order valence-electron chi connectivity index (χ2n) is 4.89. The van der Waals surface area contributed by atoms with Crippen LogP contribution in [0.2, 0.25) is 0 Å².